The van der Waals surface area contributed by atoms with Crippen molar-refractivity contribution in [3.05, 3.63) is 47.3 Å². The van der Waals surface area contributed by atoms with Crippen molar-refractivity contribution in [3.63, 3.8) is 0 Å². The smallest absolute Gasteiger partial charge is 0.322 e. The number of carbonyl (C=O) groups excluding carboxylic acids is 1. The van der Waals surface area contributed by atoms with Crippen molar-refractivity contribution >= 4 is 11.6 Å². The molecule has 0 fully saturated rings. The van der Waals surface area contributed by atoms with Crippen molar-refractivity contribution in [2.75, 3.05) is 5.32 Å². The Morgan fingerprint density at radius 2 is 1.93 bits per heavy atom. The summed E-state index contributed by atoms with van der Waals surface area (Å²) in [5.41, 5.74) is 1.73. The van der Waals surface area contributed by atoms with Crippen LogP contribution in [-0.2, 0) is 30.6 Å². The van der Waals surface area contributed by atoms with Gasteiger partial charge in [-0.3, -0.25) is 18.8 Å². The Labute approximate surface area is 158 Å². The molecule has 0 aromatic carbocycles. The fraction of sp³-hybridized carbons (Fsp3) is 0.412. The molecular formula is C17H20F3N7O. The number of anilines is 1. The zero-order valence-corrected chi connectivity index (χ0v) is 15.7. The number of halogens is 3. The van der Waals surface area contributed by atoms with Gasteiger partial charge in [-0.2, -0.15) is 28.5 Å². The van der Waals surface area contributed by atoms with E-state index in [1.165, 1.54) is 13.1 Å². The molecule has 0 aliphatic heterocycles. The van der Waals surface area contributed by atoms with Crippen LogP contribution in [-0.4, -0.2) is 35.2 Å². The van der Waals surface area contributed by atoms with Gasteiger partial charge in [0.2, 0.25) is 5.91 Å². The predicted molar refractivity (Wildman–Crippen MR) is 94.6 cm³/mol. The van der Waals surface area contributed by atoms with E-state index in [4.69, 9.17) is 0 Å². The van der Waals surface area contributed by atoms with Crippen molar-refractivity contribution < 1.29 is 18.0 Å². The van der Waals surface area contributed by atoms with E-state index >= 15 is 0 Å². The molecule has 0 atom stereocenters. The van der Waals surface area contributed by atoms with Crippen LogP contribution in [0.5, 0.6) is 0 Å². The summed E-state index contributed by atoms with van der Waals surface area (Å²) in [7, 11) is 0. The van der Waals surface area contributed by atoms with Crippen LogP contribution in [0.15, 0.2) is 24.7 Å². The number of rotatable bonds is 6. The van der Waals surface area contributed by atoms with Gasteiger partial charge in [-0.15, -0.1) is 0 Å². The minimum absolute atomic E-state index is 0.251. The van der Waals surface area contributed by atoms with Crippen molar-refractivity contribution in [2.24, 2.45) is 0 Å². The third kappa shape index (κ3) is 4.24. The Balaban J connectivity index is 1.62. The van der Waals surface area contributed by atoms with Crippen LogP contribution in [0.4, 0.5) is 18.9 Å². The highest BCUT2D eigenvalue weighted by molar-refractivity contribution is 5.90. The second-order valence-electron chi connectivity index (χ2n) is 6.37. The first-order valence-corrected chi connectivity index (χ1v) is 8.62. The highest BCUT2D eigenvalue weighted by atomic mass is 19.4. The molecule has 0 aliphatic carbocycles. The molecule has 0 unspecified atom stereocenters. The Kier molecular flexibility index (Phi) is 5.25. The molecule has 1 amide bonds. The van der Waals surface area contributed by atoms with Crippen LogP contribution in [0.2, 0.25) is 0 Å². The average Bonchev–Trinajstić information content (AvgIpc) is 3.29. The lowest BCUT2D eigenvalue weighted by molar-refractivity contribution is -0.141. The molecule has 11 heteroatoms. The Morgan fingerprint density at radius 3 is 2.54 bits per heavy atom. The number of nitrogens with zero attached hydrogens (tertiary/aromatic N) is 6. The number of amides is 1. The molecule has 3 rings (SSSR count). The Hall–Kier alpha value is -3.11. The summed E-state index contributed by atoms with van der Waals surface area (Å²) in [4.78, 5) is 12.2. The van der Waals surface area contributed by atoms with Gasteiger partial charge in [-0.25, -0.2) is 0 Å². The molecule has 150 valence electrons. The number of hydrogen-bond acceptors (Lipinski definition) is 4. The summed E-state index contributed by atoms with van der Waals surface area (Å²) in [6.45, 7) is 6.38. The standard InChI is InChI=1S/C17H20F3N7O/c1-4-26-12(3)13(6-22-26)8-25-9-14(7-21-25)23-16(28)10-27-11(2)5-15(24-27)17(18,19)20/h5-7,9H,4,8,10H2,1-3H3,(H,23,28). The fourth-order valence-corrected chi connectivity index (χ4v) is 2.79. The molecule has 0 spiro atoms. The number of hydrogen-bond donors (Lipinski definition) is 1. The number of aromatic nitrogens is 6. The lowest BCUT2D eigenvalue weighted by atomic mass is 10.2. The van der Waals surface area contributed by atoms with Gasteiger partial charge >= 0.3 is 6.18 Å². The van der Waals surface area contributed by atoms with Gasteiger partial charge in [-0.05, 0) is 26.8 Å². The Morgan fingerprint density at radius 1 is 1.18 bits per heavy atom. The van der Waals surface area contributed by atoms with E-state index in [1.807, 2.05) is 18.5 Å². The second-order valence-corrected chi connectivity index (χ2v) is 6.37. The first kappa shape index (κ1) is 19.6. The molecule has 0 aliphatic rings. The average molecular weight is 395 g/mol. The van der Waals surface area contributed by atoms with Crippen molar-refractivity contribution in [1.82, 2.24) is 29.3 Å². The van der Waals surface area contributed by atoms with Gasteiger partial charge in [0, 0.05) is 29.7 Å². The maximum atomic E-state index is 12.7. The van der Waals surface area contributed by atoms with Gasteiger partial charge in [0.05, 0.1) is 24.6 Å². The lowest BCUT2D eigenvalue weighted by Crippen LogP contribution is -2.20. The molecule has 28 heavy (non-hydrogen) atoms. The van der Waals surface area contributed by atoms with Gasteiger partial charge in [0.15, 0.2) is 5.69 Å². The van der Waals surface area contributed by atoms with Crippen LogP contribution >= 0.6 is 0 Å². The number of nitrogens with one attached hydrogen (secondary N) is 1. The van der Waals surface area contributed by atoms with E-state index in [0.29, 0.717) is 12.2 Å². The van der Waals surface area contributed by atoms with E-state index in [9.17, 15) is 18.0 Å². The van der Waals surface area contributed by atoms with Crippen LogP contribution < -0.4 is 5.32 Å². The fourth-order valence-electron chi connectivity index (χ4n) is 2.79. The van der Waals surface area contributed by atoms with Gasteiger partial charge in [0.1, 0.15) is 6.54 Å². The molecule has 8 nitrogen and oxygen atoms in total. The molecule has 3 aromatic heterocycles. The predicted octanol–water partition coefficient (Wildman–Crippen LogP) is 2.62. The molecule has 3 heterocycles. The number of carbonyl (C=O) groups is 1. The minimum atomic E-state index is -4.54. The molecular weight excluding hydrogens is 375 g/mol. The topological polar surface area (TPSA) is 82.6 Å². The summed E-state index contributed by atoms with van der Waals surface area (Å²) >= 11 is 0. The molecule has 1 N–H and O–H groups in total. The SMILES string of the molecule is CCn1ncc(Cn2cc(NC(=O)Cn3nc(C(F)(F)F)cc3C)cn2)c1C. The molecule has 0 radical (unpaired) electrons. The highest BCUT2D eigenvalue weighted by Gasteiger charge is 2.34. The number of aryl methyl sites for hydroxylation is 2. The molecule has 0 bridgehead atoms. The van der Waals surface area contributed by atoms with Crippen LogP contribution in [0.1, 0.15) is 29.6 Å². The molecule has 0 saturated carbocycles. The second kappa shape index (κ2) is 7.49. The van der Waals surface area contributed by atoms with Gasteiger partial charge < -0.3 is 5.32 Å². The van der Waals surface area contributed by atoms with Crippen LogP contribution in [0, 0.1) is 13.8 Å². The largest absolute Gasteiger partial charge is 0.435 e. The monoisotopic (exact) mass is 395 g/mol. The quantitative estimate of drug-likeness (QED) is 0.696. The van der Waals surface area contributed by atoms with Gasteiger partial charge in [0.25, 0.3) is 0 Å². The first-order valence-electron chi connectivity index (χ1n) is 8.62. The summed E-state index contributed by atoms with van der Waals surface area (Å²) in [5, 5.41) is 14.5. The summed E-state index contributed by atoms with van der Waals surface area (Å²) in [6.07, 6.45) is 0.362. The first-order chi connectivity index (χ1) is 13.2. The summed E-state index contributed by atoms with van der Waals surface area (Å²) < 4.78 is 42.7. The van der Waals surface area contributed by atoms with Crippen LogP contribution in [0.25, 0.3) is 0 Å². The van der Waals surface area contributed by atoms with E-state index in [0.717, 1.165) is 28.6 Å². The van der Waals surface area contributed by atoms with Crippen molar-refractivity contribution in [2.45, 2.75) is 46.6 Å². The number of alkyl halides is 3. The molecule has 3 aromatic rings. The van der Waals surface area contributed by atoms with E-state index in [1.54, 1.807) is 17.1 Å². The molecule has 0 saturated heterocycles. The summed E-state index contributed by atoms with van der Waals surface area (Å²) in [6, 6.07) is 0.907. The maximum absolute atomic E-state index is 12.7. The maximum Gasteiger partial charge on any atom is 0.435 e. The van der Waals surface area contributed by atoms with Crippen molar-refractivity contribution in [3.8, 4) is 0 Å². The minimum Gasteiger partial charge on any atom is -0.322 e. The van der Waals surface area contributed by atoms with Gasteiger partial charge in [-0.1, -0.05) is 0 Å². The highest BCUT2D eigenvalue weighted by Crippen LogP contribution is 2.28. The van der Waals surface area contributed by atoms with E-state index in [2.05, 4.69) is 20.6 Å². The summed E-state index contributed by atoms with van der Waals surface area (Å²) in [5.74, 6) is -0.491. The Bertz CT molecular complexity index is 983. The van der Waals surface area contributed by atoms with Crippen molar-refractivity contribution in [1.29, 1.82) is 0 Å². The van der Waals surface area contributed by atoms with Crippen LogP contribution in [0.3, 0.4) is 0 Å². The zero-order valence-electron chi connectivity index (χ0n) is 15.7. The zero-order chi connectivity index (χ0) is 20.5. The van der Waals surface area contributed by atoms with E-state index in [-0.39, 0.29) is 12.2 Å². The normalized spacial score (nSPS) is 11.8. The lowest BCUT2D eigenvalue weighted by Gasteiger charge is -2.05. The van der Waals surface area contributed by atoms with E-state index < -0.39 is 17.8 Å². The third-order valence-corrected chi connectivity index (χ3v) is 4.32. The third-order valence-electron chi connectivity index (χ3n) is 4.32.